The second-order valence-electron chi connectivity index (χ2n) is 10.3. The van der Waals surface area contributed by atoms with Gasteiger partial charge in [-0.2, -0.15) is 0 Å². The SMILES string of the molecule is C[C@@H]1C[C@@H](O)c2ncnc(N3CCN(C(=O)C(CN(C)C4CCOCC4)c4ccc(Cl)cc4)CC3)c21.Cl.Cl. The zero-order valence-electron chi connectivity index (χ0n) is 22.0. The van der Waals surface area contributed by atoms with Gasteiger partial charge in [-0.3, -0.25) is 4.79 Å². The van der Waals surface area contributed by atoms with Crippen molar-refractivity contribution in [3.8, 4) is 0 Å². The molecule has 2 aliphatic heterocycles. The summed E-state index contributed by atoms with van der Waals surface area (Å²) in [6, 6.07) is 8.13. The number of anilines is 1. The molecule has 1 unspecified atom stereocenters. The number of amides is 1. The Kier molecular flexibility index (Phi) is 11.0. The van der Waals surface area contributed by atoms with Gasteiger partial charge in [0.25, 0.3) is 0 Å². The van der Waals surface area contributed by atoms with Gasteiger partial charge >= 0.3 is 0 Å². The molecule has 38 heavy (non-hydrogen) atoms. The second-order valence-corrected chi connectivity index (χ2v) is 10.8. The van der Waals surface area contributed by atoms with Crippen LogP contribution in [0.3, 0.4) is 0 Å². The van der Waals surface area contributed by atoms with Crippen molar-refractivity contribution in [1.29, 1.82) is 0 Å². The highest BCUT2D eigenvalue weighted by Gasteiger charge is 2.35. The molecule has 1 aromatic heterocycles. The number of likely N-dealkylation sites (N-methyl/N-ethyl adjacent to an activating group) is 1. The molecule has 3 aliphatic rings. The molecule has 0 saturated carbocycles. The van der Waals surface area contributed by atoms with Crippen molar-refractivity contribution in [2.75, 3.05) is 57.9 Å². The van der Waals surface area contributed by atoms with E-state index in [1.54, 1.807) is 6.33 Å². The molecule has 1 aromatic carbocycles. The number of piperazine rings is 1. The first-order valence-corrected chi connectivity index (χ1v) is 13.4. The monoisotopic (exact) mass is 585 g/mol. The summed E-state index contributed by atoms with van der Waals surface area (Å²) in [5, 5.41) is 11.0. The molecule has 11 heteroatoms. The van der Waals surface area contributed by atoms with E-state index in [2.05, 4.69) is 33.7 Å². The summed E-state index contributed by atoms with van der Waals surface area (Å²) in [6.07, 6.45) is 3.70. The molecule has 0 radical (unpaired) electrons. The van der Waals surface area contributed by atoms with Gasteiger partial charge in [0, 0.05) is 62.6 Å². The number of carbonyl (C=O) groups excluding carboxylic acids is 1. The van der Waals surface area contributed by atoms with Crippen molar-refractivity contribution in [2.24, 2.45) is 0 Å². The van der Waals surface area contributed by atoms with Crippen LogP contribution in [-0.4, -0.2) is 89.8 Å². The fraction of sp³-hybridized carbons (Fsp3) is 0.593. The summed E-state index contributed by atoms with van der Waals surface area (Å²) >= 11 is 6.15. The lowest BCUT2D eigenvalue weighted by atomic mass is 9.95. The minimum atomic E-state index is -0.521. The Labute approximate surface area is 242 Å². The number of fused-ring (bicyclic) bond motifs is 1. The second kappa shape index (κ2) is 13.6. The van der Waals surface area contributed by atoms with E-state index < -0.39 is 6.10 Å². The van der Waals surface area contributed by atoms with Crippen LogP contribution in [0.25, 0.3) is 0 Å². The highest BCUT2D eigenvalue weighted by atomic mass is 35.5. The van der Waals surface area contributed by atoms with Gasteiger partial charge in [0.1, 0.15) is 12.1 Å². The minimum absolute atomic E-state index is 0. The number of aromatic nitrogens is 2. The Balaban J connectivity index is 0.00000200. The Hall–Kier alpha value is -1.68. The lowest BCUT2D eigenvalue weighted by Gasteiger charge is -2.39. The first-order chi connectivity index (χ1) is 17.4. The maximum absolute atomic E-state index is 13.9. The van der Waals surface area contributed by atoms with Gasteiger partial charge in [0.15, 0.2) is 0 Å². The molecule has 2 fully saturated rings. The molecule has 210 valence electrons. The van der Waals surface area contributed by atoms with Gasteiger partial charge in [-0.05, 0) is 49.9 Å². The summed E-state index contributed by atoms with van der Waals surface area (Å²) < 4.78 is 5.54. The molecule has 0 spiro atoms. The average molecular weight is 587 g/mol. The number of aliphatic hydroxyl groups is 1. The molecule has 2 saturated heterocycles. The predicted molar refractivity (Wildman–Crippen MR) is 154 cm³/mol. The zero-order chi connectivity index (χ0) is 25.2. The van der Waals surface area contributed by atoms with E-state index in [9.17, 15) is 9.90 Å². The third kappa shape index (κ3) is 6.54. The molecule has 3 heterocycles. The van der Waals surface area contributed by atoms with Crippen LogP contribution in [0.4, 0.5) is 5.82 Å². The minimum Gasteiger partial charge on any atom is -0.387 e. The lowest BCUT2D eigenvalue weighted by molar-refractivity contribution is -0.133. The molecule has 1 aliphatic carbocycles. The van der Waals surface area contributed by atoms with Crippen LogP contribution in [0.15, 0.2) is 30.6 Å². The molecular weight excluding hydrogens is 549 g/mol. The van der Waals surface area contributed by atoms with Crippen LogP contribution in [0, 0.1) is 0 Å². The summed E-state index contributed by atoms with van der Waals surface area (Å²) in [4.78, 5) is 29.4. The van der Waals surface area contributed by atoms with E-state index in [1.807, 2.05) is 29.2 Å². The first kappa shape index (κ1) is 30.9. The number of nitrogens with zero attached hydrogens (tertiary/aromatic N) is 5. The third-order valence-electron chi connectivity index (χ3n) is 8.03. The van der Waals surface area contributed by atoms with Crippen LogP contribution in [-0.2, 0) is 9.53 Å². The zero-order valence-corrected chi connectivity index (χ0v) is 24.4. The highest BCUT2D eigenvalue weighted by Crippen LogP contribution is 2.42. The van der Waals surface area contributed by atoms with Crippen molar-refractivity contribution in [1.82, 2.24) is 19.8 Å². The van der Waals surface area contributed by atoms with Crippen LogP contribution >= 0.6 is 36.4 Å². The molecule has 1 N–H and O–H groups in total. The summed E-state index contributed by atoms with van der Waals surface area (Å²) in [5.74, 6) is 1.04. The van der Waals surface area contributed by atoms with E-state index in [-0.39, 0.29) is 42.6 Å². The van der Waals surface area contributed by atoms with Gasteiger partial charge < -0.3 is 24.5 Å². The Morgan fingerprint density at radius 1 is 1.13 bits per heavy atom. The highest BCUT2D eigenvalue weighted by molar-refractivity contribution is 6.30. The Morgan fingerprint density at radius 3 is 2.45 bits per heavy atom. The maximum Gasteiger partial charge on any atom is 0.231 e. The largest absolute Gasteiger partial charge is 0.387 e. The van der Waals surface area contributed by atoms with Crippen LogP contribution in [0.2, 0.25) is 5.02 Å². The smallest absolute Gasteiger partial charge is 0.231 e. The molecule has 1 amide bonds. The van der Waals surface area contributed by atoms with Crippen molar-refractivity contribution in [2.45, 2.75) is 50.2 Å². The quantitative estimate of drug-likeness (QED) is 0.547. The van der Waals surface area contributed by atoms with Gasteiger partial charge in [0.05, 0.1) is 17.7 Å². The maximum atomic E-state index is 13.9. The van der Waals surface area contributed by atoms with Gasteiger partial charge in [-0.1, -0.05) is 30.7 Å². The van der Waals surface area contributed by atoms with E-state index in [1.165, 1.54) is 0 Å². The number of hydrogen-bond donors (Lipinski definition) is 1. The average Bonchev–Trinajstić information content (AvgIpc) is 3.21. The van der Waals surface area contributed by atoms with Crippen LogP contribution in [0.1, 0.15) is 60.9 Å². The van der Waals surface area contributed by atoms with E-state index in [4.69, 9.17) is 16.3 Å². The number of carbonyl (C=O) groups is 1. The lowest BCUT2D eigenvalue weighted by Crippen LogP contribution is -2.52. The summed E-state index contributed by atoms with van der Waals surface area (Å²) in [5.41, 5.74) is 2.81. The topological polar surface area (TPSA) is 82.0 Å². The van der Waals surface area contributed by atoms with Crippen LogP contribution in [0.5, 0.6) is 0 Å². The molecular formula is C27H38Cl3N5O3. The van der Waals surface area contributed by atoms with E-state index in [0.29, 0.717) is 50.2 Å². The summed E-state index contributed by atoms with van der Waals surface area (Å²) in [6.45, 7) is 7.03. The van der Waals surface area contributed by atoms with Gasteiger partial charge in [-0.15, -0.1) is 24.8 Å². The van der Waals surface area contributed by atoms with E-state index in [0.717, 1.165) is 48.7 Å². The third-order valence-corrected chi connectivity index (χ3v) is 8.28. The standard InChI is InChI=1S/C27H36ClN5O3.2ClH/c1-18-15-23(34)25-24(18)26(30-17-29-25)32-9-11-33(12-10-32)27(35)22(19-3-5-20(28)6-4-19)16-31(2)21-7-13-36-14-8-21;;/h3-6,17-18,21-23,34H,7-16H2,1-2H3;2*1H/t18-,22?,23-;;/m1../s1. The molecule has 8 nitrogen and oxygen atoms in total. The van der Waals surface area contributed by atoms with Crippen molar-refractivity contribution < 1.29 is 14.6 Å². The van der Waals surface area contributed by atoms with Gasteiger partial charge in [-0.25, -0.2) is 9.97 Å². The van der Waals surface area contributed by atoms with Crippen molar-refractivity contribution in [3.05, 3.63) is 52.4 Å². The molecule has 2 aromatic rings. The number of hydrogen-bond acceptors (Lipinski definition) is 7. The van der Waals surface area contributed by atoms with Crippen molar-refractivity contribution >= 4 is 48.1 Å². The van der Waals surface area contributed by atoms with E-state index >= 15 is 0 Å². The first-order valence-electron chi connectivity index (χ1n) is 13.0. The number of ether oxygens (including phenoxy) is 1. The normalized spacial score (nSPS) is 22.4. The van der Waals surface area contributed by atoms with Crippen LogP contribution < -0.4 is 4.90 Å². The Bertz CT molecular complexity index is 1060. The number of halogens is 3. The number of aliphatic hydroxyl groups excluding tert-OH is 1. The molecule has 5 rings (SSSR count). The molecule has 0 bridgehead atoms. The Morgan fingerprint density at radius 2 is 1.79 bits per heavy atom. The fourth-order valence-electron chi connectivity index (χ4n) is 5.90. The fourth-order valence-corrected chi connectivity index (χ4v) is 6.02. The van der Waals surface area contributed by atoms with Gasteiger partial charge in [0.2, 0.25) is 5.91 Å². The predicted octanol–water partition coefficient (Wildman–Crippen LogP) is 4.06. The number of rotatable bonds is 6. The number of benzene rings is 1. The molecule has 3 atom stereocenters. The summed E-state index contributed by atoms with van der Waals surface area (Å²) in [7, 11) is 2.12. The van der Waals surface area contributed by atoms with Crippen molar-refractivity contribution in [3.63, 3.8) is 0 Å².